The van der Waals surface area contributed by atoms with Crippen molar-refractivity contribution in [2.75, 3.05) is 41.2 Å². The first-order chi connectivity index (χ1) is 11.6. The third-order valence-electron chi connectivity index (χ3n) is 3.77. The molecule has 0 amide bonds. The molecule has 1 rings (SSSR count). The number of epoxide rings is 1. The lowest BCUT2D eigenvalue weighted by Gasteiger charge is -2.23. The molecule has 0 radical (unpaired) electrons. The summed E-state index contributed by atoms with van der Waals surface area (Å²) in [5.74, 6) is 0. The molecule has 1 saturated heterocycles. The molecule has 0 aliphatic carbocycles. The lowest BCUT2D eigenvalue weighted by Crippen LogP contribution is -2.42. The molecule has 0 aromatic heterocycles. The van der Waals surface area contributed by atoms with Gasteiger partial charge < -0.3 is 31.0 Å². The van der Waals surface area contributed by atoms with E-state index in [1.54, 1.807) is 21.3 Å². The highest BCUT2D eigenvalue weighted by atomic mass is 28.4. The van der Waals surface area contributed by atoms with Crippen molar-refractivity contribution in [3.05, 3.63) is 0 Å². The maximum atomic E-state index is 5.41. The molecule has 1 aliphatic rings. The lowest BCUT2D eigenvalue weighted by molar-refractivity contribution is 0.117. The van der Waals surface area contributed by atoms with Crippen LogP contribution >= 0.6 is 0 Å². The molecule has 1 heterocycles. The molecular weight excluding hydrogens is 397 g/mol. The minimum absolute atomic E-state index is 0.330. The second-order valence-corrected chi connectivity index (χ2v) is 16.2. The summed E-state index contributed by atoms with van der Waals surface area (Å²) in [6.07, 6.45) is 1.57. The molecule has 146 valence electrons. The molecule has 0 bridgehead atoms. The van der Waals surface area contributed by atoms with Gasteiger partial charge in [-0.05, 0) is 25.1 Å². The fourth-order valence-electron chi connectivity index (χ4n) is 1.96. The van der Waals surface area contributed by atoms with Crippen LogP contribution in [-0.2, 0) is 31.0 Å². The van der Waals surface area contributed by atoms with Crippen molar-refractivity contribution >= 4 is 48.6 Å². The Kier molecular flexibility index (Phi) is 16.5. The van der Waals surface area contributed by atoms with Crippen LogP contribution in [0, 0.1) is 0 Å². The molecule has 24 heavy (non-hydrogen) atoms. The monoisotopic (exact) mass is 432 g/mol. The first kappa shape index (κ1) is 24.8. The molecule has 7 nitrogen and oxygen atoms in total. The Balaban J connectivity index is 0.000000441. The van der Waals surface area contributed by atoms with E-state index in [0.717, 1.165) is 59.3 Å². The van der Waals surface area contributed by atoms with Crippen molar-refractivity contribution < 1.29 is 31.0 Å². The van der Waals surface area contributed by atoms with Crippen molar-refractivity contribution in [2.24, 2.45) is 0 Å². The summed E-state index contributed by atoms with van der Waals surface area (Å²) in [7, 11) is 3.28. The molecule has 1 fully saturated rings. The van der Waals surface area contributed by atoms with Crippen LogP contribution in [0.3, 0.4) is 0 Å². The van der Waals surface area contributed by atoms with Gasteiger partial charge in [0.1, 0.15) is 36.8 Å². The Morgan fingerprint density at radius 3 is 2.29 bits per heavy atom. The Morgan fingerprint density at radius 2 is 1.83 bits per heavy atom. The maximum Gasteiger partial charge on any atom is 0.499 e. The average molecular weight is 433 g/mol. The maximum absolute atomic E-state index is 5.41. The molecule has 2 atom stereocenters. The van der Waals surface area contributed by atoms with E-state index in [1.165, 1.54) is 6.04 Å². The van der Waals surface area contributed by atoms with E-state index in [0.29, 0.717) is 6.10 Å². The van der Waals surface area contributed by atoms with Gasteiger partial charge in [-0.3, -0.25) is 0 Å². The van der Waals surface area contributed by atoms with Gasteiger partial charge in [0, 0.05) is 34.0 Å². The van der Waals surface area contributed by atoms with Gasteiger partial charge in [0.05, 0.1) is 13.2 Å². The standard InChI is InChI=1S/C7H18O3Si2.C5H18O4Si3/c1-12(10-11)4-2-3-8-5-7-6-9-7;1-6-12(7-2,8-3)5-4-11-9-10/h7,12H,2-6H2,1,11H3;4-5,11H2,1-3,10H3. The Bertz CT molecular complexity index is 274. The van der Waals surface area contributed by atoms with Gasteiger partial charge in [0.15, 0.2) is 9.04 Å². The third-order valence-corrected chi connectivity index (χ3v) is 14.0. The van der Waals surface area contributed by atoms with Crippen molar-refractivity contribution in [2.45, 2.75) is 37.2 Å². The average Bonchev–Trinajstić information content (AvgIpc) is 3.44. The predicted octanol–water partition coefficient (Wildman–Crippen LogP) is -1.89. The van der Waals surface area contributed by atoms with E-state index in [2.05, 4.69) is 6.55 Å². The summed E-state index contributed by atoms with van der Waals surface area (Å²) in [6.45, 7) is 4.81. The van der Waals surface area contributed by atoms with Gasteiger partial charge in [-0.1, -0.05) is 0 Å². The largest absolute Gasteiger partial charge is 0.499 e. The first-order valence-electron chi connectivity index (χ1n) is 8.44. The summed E-state index contributed by atoms with van der Waals surface area (Å²) < 4.78 is 36.8. The second-order valence-electron chi connectivity index (χ2n) is 5.61. The number of hydrogen-bond donors (Lipinski definition) is 0. The van der Waals surface area contributed by atoms with Crippen LogP contribution in [0.5, 0.6) is 0 Å². The lowest BCUT2D eigenvalue weighted by atomic mass is 10.5. The highest BCUT2D eigenvalue weighted by Gasteiger charge is 2.36. The normalized spacial score (nSPS) is 18.8. The topological polar surface area (TPSA) is 67.9 Å². The van der Waals surface area contributed by atoms with Gasteiger partial charge in [-0.2, -0.15) is 0 Å². The van der Waals surface area contributed by atoms with Crippen LogP contribution in [0.2, 0.25) is 24.7 Å². The highest BCUT2D eigenvalue weighted by molar-refractivity contribution is 6.61. The summed E-state index contributed by atoms with van der Waals surface area (Å²) in [4.78, 5) is 0. The Labute approximate surface area is 158 Å². The fraction of sp³-hybridized carbons (Fsp3) is 1.00. The summed E-state index contributed by atoms with van der Waals surface area (Å²) in [6, 6.07) is 3.20. The zero-order valence-corrected chi connectivity index (χ0v) is 23.7. The van der Waals surface area contributed by atoms with Crippen molar-refractivity contribution in [3.8, 4) is 0 Å². The Morgan fingerprint density at radius 1 is 1.21 bits per heavy atom. The summed E-state index contributed by atoms with van der Waals surface area (Å²) in [5.41, 5.74) is 0. The quantitative estimate of drug-likeness (QED) is 0.180. The van der Waals surface area contributed by atoms with Crippen LogP contribution in [-0.4, -0.2) is 95.8 Å². The molecule has 1 aliphatic heterocycles. The molecule has 0 saturated carbocycles. The Hall–Kier alpha value is 0.804. The molecular formula is C12H36O7Si5. The smallest absolute Gasteiger partial charge is 0.468 e. The minimum atomic E-state index is -2.28. The van der Waals surface area contributed by atoms with Crippen LogP contribution in [0.25, 0.3) is 0 Å². The van der Waals surface area contributed by atoms with Crippen molar-refractivity contribution in [1.82, 2.24) is 0 Å². The number of hydrogen-bond acceptors (Lipinski definition) is 7. The summed E-state index contributed by atoms with van der Waals surface area (Å²) >= 11 is 0. The fourth-order valence-corrected chi connectivity index (χ4v) is 8.22. The van der Waals surface area contributed by atoms with Gasteiger partial charge in [-0.15, -0.1) is 0 Å². The molecule has 0 aromatic rings. The molecule has 2 unspecified atom stereocenters. The first-order valence-corrected chi connectivity index (χ1v) is 16.0. The minimum Gasteiger partial charge on any atom is -0.468 e. The zero-order chi connectivity index (χ0) is 18.3. The second kappa shape index (κ2) is 16.0. The number of rotatable bonds is 14. The van der Waals surface area contributed by atoms with E-state index >= 15 is 0 Å². The highest BCUT2D eigenvalue weighted by Crippen LogP contribution is 2.14. The molecule has 0 N–H and O–H groups in total. The van der Waals surface area contributed by atoms with Gasteiger partial charge in [0.25, 0.3) is 0 Å². The van der Waals surface area contributed by atoms with Crippen LogP contribution < -0.4 is 0 Å². The summed E-state index contributed by atoms with van der Waals surface area (Å²) in [5, 5.41) is 0. The van der Waals surface area contributed by atoms with E-state index in [-0.39, 0.29) is 9.76 Å². The molecule has 12 heteroatoms. The van der Waals surface area contributed by atoms with Gasteiger partial charge in [0.2, 0.25) is 0 Å². The van der Waals surface area contributed by atoms with Crippen molar-refractivity contribution in [1.29, 1.82) is 0 Å². The van der Waals surface area contributed by atoms with E-state index in [1.807, 2.05) is 0 Å². The van der Waals surface area contributed by atoms with Crippen molar-refractivity contribution in [3.63, 3.8) is 0 Å². The molecule has 0 aromatic carbocycles. The third kappa shape index (κ3) is 13.1. The zero-order valence-electron chi connectivity index (χ0n) is 16.2. The molecule has 0 spiro atoms. The van der Waals surface area contributed by atoms with Gasteiger partial charge in [-0.25, -0.2) is 0 Å². The number of ether oxygens (including phenoxy) is 2. The van der Waals surface area contributed by atoms with Crippen LogP contribution in [0.1, 0.15) is 6.42 Å². The van der Waals surface area contributed by atoms with Crippen LogP contribution in [0.15, 0.2) is 0 Å². The van der Waals surface area contributed by atoms with E-state index < -0.39 is 17.8 Å². The SMILES string of the molecule is CO[Si](CC[SiH2]O[SiH3])(OC)OC.C[SiH](CCCOCC1CO1)O[SiH3]. The predicted molar refractivity (Wildman–Crippen MR) is 110 cm³/mol. The van der Waals surface area contributed by atoms with E-state index in [4.69, 9.17) is 31.0 Å². The van der Waals surface area contributed by atoms with Gasteiger partial charge >= 0.3 is 8.80 Å². The van der Waals surface area contributed by atoms with E-state index in [9.17, 15) is 0 Å². The van der Waals surface area contributed by atoms with Crippen LogP contribution in [0.4, 0.5) is 0 Å².